The largest absolute Gasteiger partial charge is 0.352 e. The number of carbonyl (C=O) groups excluding carboxylic acids is 1. The molecule has 2 fully saturated rings. The molecule has 1 aromatic carbocycles. The van der Waals surface area contributed by atoms with Gasteiger partial charge in [0.25, 0.3) is 0 Å². The van der Waals surface area contributed by atoms with Crippen LogP contribution >= 0.6 is 11.6 Å². The Kier molecular flexibility index (Phi) is 4.80. The van der Waals surface area contributed by atoms with E-state index in [1.807, 2.05) is 0 Å². The topological polar surface area (TPSA) is 66.5 Å². The summed E-state index contributed by atoms with van der Waals surface area (Å²) in [5, 5.41) is 3.52. The molecule has 0 spiro atoms. The molecule has 3 atom stereocenters. The third-order valence-corrected chi connectivity index (χ3v) is 6.82. The average molecular weight is 371 g/mol. The normalized spacial score (nSPS) is 25.7. The standard InChI is InChI=1S/C17H23ClN2O3S/c1-11-14(18)4-3-5-16(11)20(24(2,22)23)10-17(21)19-15-9-12-6-7-13(15)8-12/h3-5,12-13,15H,6-10H2,1-2H3,(H,19,21)/t12-,13-,15-/m0/s1. The van der Waals surface area contributed by atoms with Gasteiger partial charge >= 0.3 is 0 Å². The van der Waals surface area contributed by atoms with Crippen molar-refractivity contribution in [2.75, 3.05) is 17.1 Å². The van der Waals surface area contributed by atoms with Crippen LogP contribution in [0.2, 0.25) is 5.02 Å². The number of fused-ring (bicyclic) bond motifs is 2. The summed E-state index contributed by atoms with van der Waals surface area (Å²) in [5.41, 5.74) is 1.10. The van der Waals surface area contributed by atoms with Crippen molar-refractivity contribution < 1.29 is 13.2 Å². The van der Waals surface area contributed by atoms with Crippen molar-refractivity contribution in [1.82, 2.24) is 5.32 Å². The molecule has 0 heterocycles. The van der Waals surface area contributed by atoms with Crippen LogP contribution in [0, 0.1) is 18.8 Å². The van der Waals surface area contributed by atoms with Gasteiger partial charge in [0.2, 0.25) is 15.9 Å². The van der Waals surface area contributed by atoms with Gasteiger partial charge in [-0.05, 0) is 55.7 Å². The number of benzene rings is 1. The SMILES string of the molecule is Cc1c(Cl)cccc1N(CC(=O)N[C@H]1C[C@H]2CC[C@H]1C2)S(C)(=O)=O. The molecule has 0 aromatic heterocycles. The minimum absolute atomic E-state index is 0.193. The van der Waals surface area contributed by atoms with E-state index in [0.29, 0.717) is 22.2 Å². The maximum absolute atomic E-state index is 12.5. The fourth-order valence-corrected chi connectivity index (χ4v) is 5.13. The fraction of sp³-hybridized carbons (Fsp3) is 0.588. The van der Waals surface area contributed by atoms with Crippen LogP contribution in [0.1, 0.15) is 31.2 Å². The van der Waals surface area contributed by atoms with E-state index in [9.17, 15) is 13.2 Å². The van der Waals surface area contributed by atoms with Crippen molar-refractivity contribution in [2.45, 2.75) is 38.6 Å². The first-order valence-corrected chi connectivity index (χ1v) is 10.5. The molecule has 0 aliphatic heterocycles. The number of nitrogens with one attached hydrogen (secondary N) is 1. The molecule has 2 aliphatic carbocycles. The Balaban J connectivity index is 1.75. The van der Waals surface area contributed by atoms with Gasteiger partial charge in [-0.2, -0.15) is 0 Å². The third-order valence-electron chi connectivity index (χ3n) is 5.28. The summed E-state index contributed by atoms with van der Waals surface area (Å²) in [5.74, 6) is 1.03. The molecule has 7 heteroatoms. The van der Waals surface area contributed by atoms with E-state index in [1.165, 1.54) is 19.3 Å². The van der Waals surface area contributed by atoms with Crippen LogP contribution in [0.4, 0.5) is 5.69 Å². The number of hydrogen-bond donors (Lipinski definition) is 1. The highest BCUT2D eigenvalue weighted by Gasteiger charge is 2.40. The van der Waals surface area contributed by atoms with E-state index in [-0.39, 0.29) is 18.5 Å². The van der Waals surface area contributed by atoms with Crippen LogP contribution in [-0.2, 0) is 14.8 Å². The first-order valence-electron chi connectivity index (χ1n) is 8.28. The Hall–Kier alpha value is -1.27. The highest BCUT2D eigenvalue weighted by molar-refractivity contribution is 7.92. The Morgan fingerprint density at radius 2 is 2.08 bits per heavy atom. The molecule has 1 amide bonds. The zero-order valence-corrected chi connectivity index (χ0v) is 15.5. The van der Waals surface area contributed by atoms with Crippen molar-refractivity contribution in [3.8, 4) is 0 Å². The molecule has 0 saturated heterocycles. The summed E-state index contributed by atoms with van der Waals surface area (Å²) < 4.78 is 25.5. The lowest BCUT2D eigenvalue weighted by molar-refractivity contribution is -0.120. The van der Waals surface area contributed by atoms with Crippen molar-refractivity contribution in [3.05, 3.63) is 28.8 Å². The number of sulfonamides is 1. The van der Waals surface area contributed by atoms with Gasteiger partial charge in [0.05, 0.1) is 11.9 Å². The summed E-state index contributed by atoms with van der Waals surface area (Å²) in [7, 11) is -3.58. The molecule has 132 valence electrons. The zero-order chi connectivity index (χ0) is 17.5. The molecule has 2 bridgehead atoms. The first kappa shape index (κ1) is 17.5. The Bertz CT molecular complexity index is 750. The summed E-state index contributed by atoms with van der Waals surface area (Å²) in [4.78, 5) is 12.5. The van der Waals surface area contributed by atoms with Crippen molar-refractivity contribution in [2.24, 2.45) is 11.8 Å². The maximum atomic E-state index is 12.5. The quantitative estimate of drug-likeness (QED) is 0.866. The van der Waals surface area contributed by atoms with Gasteiger partial charge in [-0.15, -0.1) is 0 Å². The number of nitrogens with zero attached hydrogens (tertiary/aromatic N) is 1. The van der Waals surface area contributed by atoms with E-state index in [1.54, 1.807) is 25.1 Å². The highest BCUT2D eigenvalue weighted by Crippen LogP contribution is 2.44. The van der Waals surface area contributed by atoms with E-state index in [2.05, 4.69) is 5.32 Å². The molecule has 1 aromatic rings. The monoisotopic (exact) mass is 370 g/mol. The molecule has 0 radical (unpaired) electrons. The minimum Gasteiger partial charge on any atom is -0.352 e. The second-order valence-corrected chi connectivity index (χ2v) is 9.32. The molecule has 3 rings (SSSR count). The van der Waals surface area contributed by atoms with E-state index in [4.69, 9.17) is 11.6 Å². The van der Waals surface area contributed by atoms with Gasteiger partial charge in [-0.1, -0.05) is 24.1 Å². The molecular weight excluding hydrogens is 348 g/mol. The van der Waals surface area contributed by atoms with Gasteiger partial charge < -0.3 is 5.32 Å². The number of halogens is 1. The molecular formula is C17H23ClN2O3S. The first-order chi connectivity index (χ1) is 11.3. The number of rotatable bonds is 5. The second-order valence-electron chi connectivity index (χ2n) is 7.00. The maximum Gasteiger partial charge on any atom is 0.241 e. The van der Waals surface area contributed by atoms with Crippen LogP contribution in [-0.4, -0.2) is 33.2 Å². The molecule has 5 nitrogen and oxygen atoms in total. The molecule has 1 N–H and O–H groups in total. The van der Waals surface area contributed by atoms with E-state index < -0.39 is 10.0 Å². The highest BCUT2D eigenvalue weighted by atomic mass is 35.5. The Morgan fingerprint density at radius 3 is 2.67 bits per heavy atom. The number of hydrogen-bond acceptors (Lipinski definition) is 3. The van der Waals surface area contributed by atoms with Gasteiger partial charge in [-0.3, -0.25) is 9.10 Å². The predicted octanol–water partition coefficient (Wildman–Crippen LogP) is 2.72. The third kappa shape index (κ3) is 3.54. The predicted molar refractivity (Wildman–Crippen MR) is 95.8 cm³/mol. The Labute approximate surface area is 148 Å². The summed E-state index contributed by atoms with van der Waals surface area (Å²) in [6.07, 6.45) is 5.74. The summed E-state index contributed by atoms with van der Waals surface area (Å²) >= 11 is 6.10. The lowest BCUT2D eigenvalue weighted by atomic mass is 9.95. The number of anilines is 1. The van der Waals surface area contributed by atoms with Crippen molar-refractivity contribution in [3.63, 3.8) is 0 Å². The van der Waals surface area contributed by atoms with Gasteiger partial charge in [0.15, 0.2) is 0 Å². The van der Waals surface area contributed by atoms with Gasteiger partial charge in [0, 0.05) is 11.1 Å². The summed E-state index contributed by atoms with van der Waals surface area (Å²) in [6, 6.07) is 5.26. The van der Waals surface area contributed by atoms with Crippen molar-refractivity contribution >= 4 is 33.2 Å². The van der Waals surface area contributed by atoms with Crippen LogP contribution in [0.15, 0.2) is 18.2 Å². The lowest BCUT2D eigenvalue weighted by Gasteiger charge is -2.27. The van der Waals surface area contributed by atoms with Crippen LogP contribution in [0.5, 0.6) is 0 Å². The van der Waals surface area contributed by atoms with E-state index in [0.717, 1.165) is 22.9 Å². The Morgan fingerprint density at radius 1 is 1.33 bits per heavy atom. The van der Waals surface area contributed by atoms with Gasteiger partial charge in [0.1, 0.15) is 6.54 Å². The van der Waals surface area contributed by atoms with Crippen molar-refractivity contribution in [1.29, 1.82) is 0 Å². The number of carbonyl (C=O) groups is 1. The fourth-order valence-electron chi connectivity index (χ4n) is 4.05. The average Bonchev–Trinajstić information content (AvgIpc) is 3.09. The molecule has 24 heavy (non-hydrogen) atoms. The van der Waals surface area contributed by atoms with Crippen LogP contribution in [0.3, 0.4) is 0 Å². The number of amides is 1. The molecule has 2 aliphatic rings. The molecule has 2 saturated carbocycles. The molecule has 0 unspecified atom stereocenters. The van der Waals surface area contributed by atoms with E-state index >= 15 is 0 Å². The zero-order valence-electron chi connectivity index (χ0n) is 14.0. The smallest absolute Gasteiger partial charge is 0.241 e. The van der Waals surface area contributed by atoms with Crippen LogP contribution in [0.25, 0.3) is 0 Å². The minimum atomic E-state index is -3.58. The lowest BCUT2D eigenvalue weighted by Crippen LogP contribution is -2.45. The summed E-state index contributed by atoms with van der Waals surface area (Å²) in [6.45, 7) is 1.54. The van der Waals surface area contributed by atoms with Crippen LogP contribution < -0.4 is 9.62 Å². The second kappa shape index (κ2) is 6.56. The van der Waals surface area contributed by atoms with Gasteiger partial charge in [-0.25, -0.2) is 8.42 Å².